The van der Waals surface area contributed by atoms with Gasteiger partial charge in [0, 0.05) is 27.9 Å². The van der Waals surface area contributed by atoms with Crippen LogP contribution in [0.5, 0.6) is 0 Å². The fourth-order valence-corrected chi connectivity index (χ4v) is 4.19. The molecule has 1 fully saturated rings. The average Bonchev–Trinajstić information content (AvgIpc) is 3.02. The van der Waals surface area contributed by atoms with E-state index < -0.39 is 34.7 Å². The minimum absolute atomic E-state index is 0.147. The summed E-state index contributed by atoms with van der Waals surface area (Å²) in [5.41, 5.74) is 0. The van der Waals surface area contributed by atoms with Crippen LogP contribution in [0.15, 0.2) is 0 Å². The van der Waals surface area contributed by atoms with E-state index in [4.69, 9.17) is 9.47 Å². The summed E-state index contributed by atoms with van der Waals surface area (Å²) in [7, 11) is -1.17. The standard InChI is InChI=1S/C19H38O5S/c1-6-7-8-9-10-11-19(23-12-13-24-19)17(21)15(2)16(20)14-25(22)18(3,4)5/h15-17,20-21H,6-14H2,1-5H3/t15-,16-,17+,25+/m0/s1. The monoisotopic (exact) mass is 378 g/mol. The molecule has 0 amide bonds. The molecule has 0 radical (unpaired) electrons. The molecule has 1 aliphatic heterocycles. The number of aliphatic hydroxyl groups excluding tert-OH is 2. The highest BCUT2D eigenvalue weighted by molar-refractivity contribution is 7.86. The largest absolute Gasteiger partial charge is 0.392 e. The van der Waals surface area contributed by atoms with Gasteiger partial charge >= 0.3 is 0 Å². The summed E-state index contributed by atoms with van der Waals surface area (Å²) < 4.78 is 23.5. The molecule has 0 aromatic carbocycles. The van der Waals surface area contributed by atoms with E-state index in [9.17, 15) is 14.4 Å². The minimum Gasteiger partial charge on any atom is -0.392 e. The second-order valence-corrected chi connectivity index (χ2v) is 10.4. The summed E-state index contributed by atoms with van der Waals surface area (Å²) in [5.74, 6) is -1.36. The van der Waals surface area contributed by atoms with Crippen LogP contribution in [0.2, 0.25) is 0 Å². The SMILES string of the molecule is CCCCCCCC1([C@H](O)[C@@H](C)[C@@H](O)C[S@@](=O)C(C)(C)C)OCCO1. The zero-order chi connectivity index (χ0) is 19.1. The second kappa shape index (κ2) is 10.4. The predicted octanol–water partition coefficient (Wildman–Crippen LogP) is 3.00. The minimum atomic E-state index is -1.17. The Hall–Kier alpha value is -0.0100. The molecule has 0 aromatic heterocycles. The van der Waals surface area contributed by atoms with Gasteiger partial charge in [-0.15, -0.1) is 0 Å². The Morgan fingerprint density at radius 1 is 1.08 bits per heavy atom. The van der Waals surface area contributed by atoms with E-state index in [1.807, 2.05) is 20.8 Å². The number of ether oxygens (including phenoxy) is 2. The van der Waals surface area contributed by atoms with Crippen LogP contribution in [0.3, 0.4) is 0 Å². The first kappa shape index (κ1) is 23.0. The van der Waals surface area contributed by atoms with E-state index in [1.165, 1.54) is 19.3 Å². The molecule has 1 aliphatic rings. The normalized spacial score (nSPS) is 22.5. The quantitative estimate of drug-likeness (QED) is 0.541. The third kappa shape index (κ3) is 6.90. The number of rotatable bonds is 11. The van der Waals surface area contributed by atoms with Crippen molar-refractivity contribution in [3.63, 3.8) is 0 Å². The van der Waals surface area contributed by atoms with Crippen LogP contribution in [-0.4, -0.2) is 56.1 Å². The van der Waals surface area contributed by atoms with Crippen LogP contribution in [0.25, 0.3) is 0 Å². The average molecular weight is 379 g/mol. The Labute approximate surface area is 155 Å². The highest BCUT2D eigenvalue weighted by atomic mass is 32.2. The number of hydrogen-bond donors (Lipinski definition) is 2. The first-order chi connectivity index (χ1) is 11.6. The summed E-state index contributed by atoms with van der Waals surface area (Å²) >= 11 is 0. The maximum atomic E-state index is 12.3. The Morgan fingerprint density at radius 2 is 1.64 bits per heavy atom. The molecular formula is C19H38O5S. The van der Waals surface area contributed by atoms with Crippen LogP contribution in [-0.2, 0) is 20.3 Å². The van der Waals surface area contributed by atoms with Gasteiger partial charge in [0.05, 0.1) is 25.1 Å². The van der Waals surface area contributed by atoms with Gasteiger partial charge in [-0.25, -0.2) is 0 Å². The molecule has 4 atom stereocenters. The van der Waals surface area contributed by atoms with Crippen molar-refractivity contribution in [1.29, 1.82) is 0 Å². The summed E-state index contributed by atoms with van der Waals surface area (Å²) in [4.78, 5) is 0. The van der Waals surface area contributed by atoms with E-state index in [0.717, 1.165) is 12.8 Å². The lowest BCUT2D eigenvalue weighted by molar-refractivity contribution is -0.242. The molecule has 0 aromatic rings. The van der Waals surface area contributed by atoms with Crippen molar-refractivity contribution in [3.8, 4) is 0 Å². The van der Waals surface area contributed by atoms with Crippen molar-refractivity contribution in [2.75, 3.05) is 19.0 Å². The van der Waals surface area contributed by atoms with Gasteiger partial charge in [0.15, 0.2) is 5.79 Å². The molecule has 0 bridgehead atoms. The van der Waals surface area contributed by atoms with Gasteiger partial charge in [0.25, 0.3) is 0 Å². The van der Waals surface area contributed by atoms with Gasteiger partial charge in [-0.1, -0.05) is 39.5 Å². The zero-order valence-corrected chi connectivity index (χ0v) is 17.4. The highest BCUT2D eigenvalue weighted by Crippen LogP contribution is 2.34. The third-order valence-corrected chi connectivity index (χ3v) is 6.98. The number of aliphatic hydroxyl groups is 2. The molecule has 0 spiro atoms. The maximum absolute atomic E-state index is 12.3. The molecule has 0 aliphatic carbocycles. The molecule has 1 rings (SSSR count). The van der Waals surface area contributed by atoms with E-state index >= 15 is 0 Å². The fourth-order valence-electron chi connectivity index (χ4n) is 3.08. The second-order valence-electron chi connectivity index (χ2n) is 8.17. The van der Waals surface area contributed by atoms with Crippen molar-refractivity contribution in [1.82, 2.24) is 0 Å². The molecule has 0 saturated carbocycles. The first-order valence-corrected chi connectivity index (χ1v) is 11.0. The molecule has 150 valence electrons. The topological polar surface area (TPSA) is 76.0 Å². The summed E-state index contributed by atoms with van der Waals surface area (Å²) in [6.07, 6.45) is 4.41. The lowest BCUT2D eigenvalue weighted by Crippen LogP contribution is -2.51. The summed E-state index contributed by atoms with van der Waals surface area (Å²) in [6.45, 7) is 10.5. The van der Waals surface area contributed by atoms with E-state index in [1.54, 1.807) is 6.92 Å². The van der Waals surface area contributed by atoms with E-state index in [0.29, 0.717) is 19.6 Å². The van der Waals surface area contributed by atoms with Crippen LogP contribution in [0, 0.1) is 5.92 Å². The van der Waals surface area contributed by atoms with Crippen molar-refractivity contribution in [3.05, 3.63) is 0 Å². The molecule has 6 heteroatoms. The van der Waals surface area contributed by atoms with Gasteiger partial charge in [-0.05, 0) is 27.2 Å². The summed E-state index contributed by atoms with van der Waals surface area (Å²) in [5, 5.41) is 21.3. The number of hydrogen-bond acceptors (Lipinski definition) is 5. The van der Waals surface area contributed by atoms with Crippen molar-refractivity contribution in [2.24, 2.45) is 5.92 Å². The lowest BCUT2D eigenvalue weighted by Gasteiger charge is -2.37. The van der Waals surface area contributed by atoms with Gasteiger partial charge < -0.3 is 19.7 Å². The molecule has 0 unspecified atom stereocenters. The Bertz CT molecular complexity index is 401. The van der Waals surface area contributed by atoms with Gasteiger partial charge in [0.2, 0.25) is 0 Å². The molecule has 1 heterocycles. The van der Waals surface area contributed by atoms with Gasteiger partial charge in [-0.3, -0.25) is 4.21 Å². The molecule has 2 N–H and O–H groups in total. The lowest BCUT2D eigenvalue weighted by atomic mass is 9.89. The van der Waals surface area contributed by atoms with Gasteiger partial charge in [-0.2, -0.15) is 0 Å². The predicted molar refractivity (Wildman–Crippen MR) is 102 cm³/mol. The van der Waals surface area contributed by atoms with Gasteiger partial charge in [0.1, 0.15) is 6.10 Å². The highest BCUT2D eigenvalue weighted by Gasteiger charge is 2.47. The van der Waals surface area contributed by atoms with Crippen LogP contribution >= 0.6 is 0 Å². The van der Waals surface area contributed by atoms with Crippen LogP contribution < -0.4 is 0 Å². The Balaban J connectivity index is 2.64. The molecule has 25 heavy (non-hydrogen) atoms. The van der Waals surface area contributed by atoms with E-state index in [-0.39, 0.29) is 10.5 Å². The smallest absolute Gasteiger partial charge is 0.194 e. The number of unbranched alkanes of at least 4 members (excludes halogenated alkanes) is 4. The van der Waals surface area contributed by atoms with Crippen LogP contribution in [0.4, 0.5) is 0 Å². The van der Waals surface area contributed by atoms with Crippen molar-refractivity contribution < 1.29 is 23.9 Å². The Kier molecular flexibility index (Phi) is 9.54. The third-order valence-electron chi connectivity index (χ3n) is 4.97. The zero-order valence-electron chi connectivity index (χ0n) is 16.6. The molecule has 1 saturated heterocycles. The molecule has 5 nitrogen and oxygen atoms in total. The summed E-state index contributed by atoms with van der Waals surface area (Å²) in [6, 6.07) is 0. The van der Waals surface area contributed by atoms with Crippen molar-refractivity contribution >= 4 is 10.8 Å². The van der Waals surface area contributed by atoms with Crippen LogP contribution in [0.1, 0.15) is 73.1 Å². The van der Waals surface area contributed by atoms with Crippen molar-refractivity contribution in [2.45, 2.75) is 95.9 Å². The van der Waals surface area contributed by atoms with E-state index in [2.05, 4.69) is 6.92 Å². The Morgan fingerprint density at radius 3 is 2.16 bits per heavy atom. The fraction of sp³-hybridized carbons (Fsp3) is 1.00. The maximum Gasteiger partial charge on any atom is 0.194 e. The first-order valence-electron chi connectivity index (χ1n) is 9.66. The molecular weight excluding hydrogens is 340 g/mol.